The number of benzene rings is 2. The van der Waals surface area contributed by atoms with Gasteiger partial charge in [-0.25, -0.2) is 0 Å². The molecule has 4 heteroatoms. The van der Waals surface area contributed by atoms with Crippen molar-refractivity contribution in [1.29, 1.82) is 0 Å². The fraction of sp³-hybridized carbons (Fsp3) is 0.188. The van der Waals surface area contributed by atoms with E-state index in [0.29, 0.717) is 21.6 Å². The number of hydrogen-bond donors (Lipinski definition) is 1. The molecule has 2 aromatic carbocycles. The topological polar surface area (TPSA) is 29.1 Å². The van der Waals surface area contributed by atoms with Gasteiger partial charge in [-0.2, -0.15) is 0 Å². The van der Waals surface area contributed by atoms with Crippen LogP contribution in [0.3, 0.4) is 0 Å². The van der Waals surface area contributed by atoms with Crippen molar-refractivity contribution in [3.05, 3.63) is 68.7 Å². The minimum absolute atomic E-state index is 0.0953. The lowest BCUT2D eigenvalue weighted by Crippen LogP contribution is -2.26. The lowest BCUT2D eigenvalue weighted by atomic mass is 10.1. The summed E-state index contributed by atoms with van der Waals surface area (Å²) in [5.41, 5.74) is 3.09. The summed E-state index contributed by atoms with van der Waals surface area (Å²) in [5.74, 6) is -0.0953. The van der Waals surface area contributed by atoms with Crippen LogP contribution >= 0.6 is 27.5 Å². The summed E-state index contributed by atoms with van der Waals surface area (Å²) < 4.78 is 0.707. The summed E-state index contributed by atoms with van der Waals surface area (Å²) in [7, 11) is 0. The summed E-state index contributed by atoms with van der Waals surface area (Å²) in [6.07, 6.45) is 0.823. The molecule has 2 aromatic rings. The molecule has 0 spiro atoms. The Labute approximate surface area is 132 Å². The van der Waals surface area contributed by atoms with Crippen molar-refractivity contribution in [2.75, 3.05) is 6.54 Å². The van der Waals surface area contributed by atoms with Crippen molar-refractivity contribution in [1.82, 2.24) is 5.32 Å². The number of carbonyl (C=O) groups excluding carboxylic acids is 1. The predicted octanol–water partition coefficient (Wildman–Crippen LogP) is 4.38. The van der Waals surface area contributed by atoms with Crippen molar-refractivity contribution in [2.24, 2.45) is 0 Å². The van der Waals surface area contributed by atoms with Crippen molar-refractivity contribution in [2.45, 2.75) is 13.3 Å². The molecule has 0 unspecified atom stereocenters. The zero-order valence-corrected chi connectivity index (χ0v) is 13.5. The normalized spacial score (nSPS) is 10.3. The number of carbonyl (C=O) groups is 1. The number of aryl methyl sites for hydroxylation is 1. The highest BCUT2D eigenvalue weighted by molar-refractivity contribution is 9.10. The van der Waals surface area contributed by atoms with E-state index in [1.54, 1.807) is 18.2 Å². The van der Waals surface area contributed by atoms with Crippen molar-refractivity contribution >= 4 is 33.4 Å². The number of rotatable bonds is 4. The second kappa shape index (κ2) is 6.91. The monoisotopic (exact) mass is 351 g/mol. The van der Waals surface area contributed by atoms with Gasteiger partial charge in [0.05, 0.1) is 5.56 Å². The molecule has 0 saturated heterocycles. The van der Waals surface area contributed by atoms with Crippen molar-refractivity contribution < 1.29 is 4.79 Å². The molecule has 20 heavy (non-hydrogen) atoms. The Morgan fingerprint density at radius 2 is 2.00 bits per heavy atom. The van der Waals surface area contributed by atoms with E-state index >= 15 is 0 Å². The van der Waals surface area contributed by atoms with E-state index in [4.69, 9.17) is 11.6 Å². The van der Waals surface area contributed by atoms with Crippen LogP contribution in [0, 0.1) is 6.92 Å². The highest BCUT2D eigenvalue weighted by Crippen LogP contribution is 2.21. The molecule has 0 aromatic heterocycles. The van der Waals surface area contributed by atoms with Gasteiger partial charge in [-0.05, 0) is 58.6 Å². The van der Waals surface area contributed by atoms with Crippen LogP contribution in [0.4, 0.5) is 0 Å². The third-order valence-electron chi connectivity index (χ3n) is 3.12. The van der Waals surface area contributed by atoms with Crippen LogP contribution < -0.4 is 5.32 Å². The summed E-state index contributed by atoms with van der Waals surface area (Å²) >= 11 is 9.21. The van der Waals surface area contributed by atoms with Gasteiger partial charge in [0, 0.05) is 16.0 Å². The maximum Gasteiger partial charge on any atom is 0.252 e. The molecule has 0 aliphatic heterocycles. The molecule has 1 amide bonds. The third kappa shape index (κ3) is 3.84. The van der Waals surface area contributed by atoms with Gasteiger partial charge in [-0.15, -0.1) is 0 Å². The first-order valence-corrected chi connectivity index (χ1v) is 7.53. The van der Waals surface area contributed by atoms with Crippen LogP contribution in [0.2, 0.25) is 5.02 Å². The van der Waals surface area contributed by atoms with Gasteiger partial charge in [0.15, 0.2) is 0 Å². The molecule has 0 fully saturated rings. The predicted molar refractivity (Wildman–Crippen MR) is 86.4 cm³/mol. The molecular formula is C16H15BrClNO. The largest absolute Gasteiger partial charge is 0.352 e. The Hall–Kier alpha value is -1.32. The number of halogens is 2. The maximum atomic E-state index is 12.1. The van der Waals surface area contributed by atoms with Gasteiger partial charge in [-0.1, -0.05) is 35.9 Å². The van der Waals surface area contributed by atoms with Crippen molar-refractivity contribution in [3.63, 3.8) is 0 Å². The highest BCUT2D eigenvalue weighted by Gasteiger charge is 2.09. The Kier molecular flexibility index (Phi) is 5.21. The van der Waals surface area contributed by atoms with Crippen LogP contribution in [0.25, 0.3) is 0 Å². The lowest BCUT2D eigenvalue weighted by molar-refractivity contribution is 0.0953. The Morgan fingerprint density at radius 1 is 1.25 bits per heavy atom. The molecule has 0 bridgehead atoms. The molecular weight excluding hydrogens is 338 g/mol. The molecule has 104 valence electrons. The molecule has 0 aliphatic rings. The van der Waals surface area contributed by atoms with E-state index in [2.05, 4.69) is 40.3 Å². The zero-order chi connectivity index (χ0) is 14.5. The Morgan fingerprint density at radius 3 is 2.70 bits per heavy atom. The first kappa shape index (κ1) is 15.1. The smallest absolute Gasteiger partial charge is 0.252 e. The van der Waals surface area contributed by atoms with Gasteiger partial charge < -0.3 is 5.32 Å². The molecule has 2 rings (SSSR count). The molecule has 1 N–H and O–H groups in total. The van der Waals surface area contributed by atoms with Crippen molar-refractivity contribution in [3.8, 4) is 0 Å². The maximum absolute atomic E-state index is 12.1. The fourth-order valence-corrected chi connectivity index (χ4v) is 2.83. The van der Waals surface area contributed by atoms with Crippen LogP contribution in [0.1, 0.15) is 21.5 Å². The van der Waals surface area contributed by atoms with E-state index in [-0.39, 0.29) is 5.91 Å². The van der Waals surface area contributed by atoms with Crippen LogP contribution in [-0.2, 0) is 6.42 Å². The molecule has 0 saturated carbocycles. The molecule has 0 heterocycles. The van der Waals surface area contributed by atoms with E-state index in [1.807, 2.05) is 12.1 Å². The average molecular weight is 353 g/mol. The second-order valence-corrected chi connectivity index (χ2v) is 5.85. The van der Waals surface area contributed by atoms with Gasteiger partial charge in [-0.3, -0.25) is 4.79 Å². The summed E-state index contributed by atoms with van der Waals surface area (Å²) in [6.45, 7) is 2.69. The molecule has 2 nitrogen and oxygen atoms in total. The summed E-state index contributed by atoms with van der Waals surface area (Å²) in [6, 6.07) is 13.3. The highest BCUT2D eigenvalue weighted by atomic mass is 79.9. The number of amides is 1. The number of nitrogens with one attached hydrogen (secondary N) is 1. The van der Waals surface area contributed by atoms with E-state index in [1.165, 1.54) is 11.1 Å². The molecule has 0 radical (unpaired) electrons. The first-order valence-electron chi connectivity index (χ1n) is 6.35. The first-order chi connectivity index (χ1) is 9.58. The van der Waals surface area contributed by atoms with Crippen LogP contribution in [0.5, 0.6) is 0 Å². The Balaban J connectivity index is 1.94. The van der Waals surface area contributed by atoms with Gasteiger partial charge in [0.25, 0.3) is 5.91 Å². The summed E-state index contributed by atoms with van der Waals surface area (Å²) in [5, 5.41) is 3.53. The second-order valence-electron chi connectivity index (χ2n) is 4.56. The van der Waals surface area contributed by atoms with Crippen LogP contribution in [0.15, 0.2) is 46.9 Å². The van der Waals surface area contributed by atoms with Gasteiger partial charge in [0.1, 0.15) is 0 Å². The third-order valence-corrected chi connectivity index (χ3v) is 4.01. The fourth-order valence-electron chi connectivity index (χ4n) is 1.97. The standard InChI is InChI=1S/C16H15BrClNO/c1-11-4-2-3-5-12(11)8-9-19-16(20)14-7-6-13(18)10-15(14)17/h2-7,10H,8-9H2,1H3,(H,19,20). The Bertz CT molecular complexity index is 628. The van der Waals surface area contributed by atoms with E-state index < -0.39 is 0 Å². The molecule has 0 atom stereocenters. The van der Waals surface area contributed by atoms with E-state index in [0.717, 1.165) is 6.42 Å². The average Bonchev–Trinajstić information content (AvgIpc) is 2.40. The van der Waals surface area contributed by atoms with Gasteiger partial charge >= 0.3 is 0 Å². The number of hydrogen-bond acceptors (Lipinski definition) is 1. The lowest BCUT2D eigenvalue weighted by Gasteiger charge is -2.08. The molecule has 0 aliphatic carbocycles. The van der Waals surface area contributed by atoms with Crippen LogP contribution in [-0.4, -0.2) is 12.5 Å². The summed E-state index contributed by atoms with van der Waals surface area (Å²) in [4.78, 5) is 12.1. The minimum atomic E-state index is -0.0953. The SMILES string of the molecule is Cc1ccccc1CCNC(=O)c1ccc(Cl)cc1Br. The zero-order valence-electron chi connectivity index (χ0n) is 11.1. The minimum Gasteiger partial charge on any atom is -0.352 e. The van der Waals surface area contributed by atoms with Gasteiger partial charge in [0.2, 0.25) is 0 Å². The quantitative estimate of drug-likeness (QED) is 0.869. The van der Waals surface area contributed by atoms with E-state index in [9.17, 15) is 4.79 Å².